The van der Waals surface area contributed by atoms with Gasteiger partial charge in [0.15, 0.2) is 0 Å². The van der Waals surface area contributed by atoms with E-state index in [0.29, 0.717) is 0 Å². The Bertz CT molecular complexity index is 837. The Labute approximate surface area is 140 Å². The molecule has 2 aromatic carbocycles. The monoisotopic (exact) mass is 381 g/mol. The molecule has 2 rings (SSSR count). The summed E-state index contributed by atoms with van der Waals surface area (Å²) in [5.41, 5.74) is -0.197. The second-order valence-electron chi connectivity index (χ2n) is 3.99. The van der Waals surface area contributed by atoms with Gasteiger partial charge in [0.1, 0.15) is 10.6 Å². The van der Waals surface area contributed by atoms with Crippen LogP contribution in [0.4, 0.5) is 5.69 Å². The third-order valence-electron chi connectivity index (χ3n) is 2.50. The molecule has 0 fully saturated rings. The van der Waals surface area contributed by atoms with Gasteiger partial charge in [-0.3, -0.25) is 10.1 Å². The van der Waals surface area contributed by atoms with Crippen molar-refractivity contribution in [3.63, 3.8) is 0 Å². The summed E-state index contributed by atoms with van der Waals surface area (Å²) in [6.07, 6.45) is 0. The lowest BCUT2D eigenvalue weighted by atomic mass is 10.3. The van der Waals surface area contributed by atoms with Crippen LogP contribution in [0.5, 0.6) is 5.75 Å². The Morgan fingerprint density at radius 1 is 0.955 bits per heavy atom. The van der Waals surface area contributed by atoms with Gasteiger partial charge in [-0.15, -0.1) is 0 Å². The molecule has 2 aromatic rings. The van der Waals surface area contributed by atoms with E-state index >= 15 is 0 Å². The highest BCUT2D eigenvalue weighted by molar-refractivity contribution is 7.87. The normalized spacial score (nSPS) is 11.2. The van der Waals surface area contributed by atoms with Gasteiger partial charge in [-0.05, 0) is 24.3 Å². The first-order valence-electron chi connectivity index (χ1n) is 5.54. The van der Waals surface area contributed by atoms with Gasteiger partial charge in [0.05, 0.1) is 20.0 Å². The molecule has 10 heteroatoms. The molecule has 0 saturated heterocycles. The SMILES string of the molecule is O=[N+]([O-])c1ccc(OS(=O)(=O)c2cc(Cl)c(Cl)cc2Cl)cc1. The predicted octanol–water partition coefficient (Wildman–Crippen LogP) is 4.32. The van der Waals surface area contributed by atoms with Crippen LogP contribution in [0.1, 0.15) is 0 Å². The summed E-state index contributed by atoms with van der Waals surface area (Å²) in [6.45, 7) is 0. The second-order valence-corrected chi connectivity index (χ2v) is 6.72. The van der Waals surface area contributed by atoms with E-state index in [1.165, 1.54) is 6.07 Å². The average Bonchev–Trinajstić information content (AvgIpc) is 2.42. The number of halogens is 3. The molecule has 0 radical (unpaired) electrons. The molecule has 0 amide bonds. The van der Waals surface area contributed by atoms with Crippen LogP contribution in [0.3, 0.4) is 0 Å². The minimum atomic E-state index is -4.26. The molecule has 0 N–H and O–H groups in total. The molecule has 0 aromatic heterocycles. The fourth-order valence-electron chi connectivity index (χ4n) is 1.49. The van der Waals surface area contributed by atoms with Gasteiger partial charge in [0.25, 0.3) is 5.69 Å². The van der Waals surface area contributed by atoms with Crippen molar-refractivity contribution in [2.75, 3.05) is 0 Å². The van der Waals surface area contributed by atoms with Crippen LogP contribution in [0, 0.1) is 10.1 Å². The highest BCUT2D eigenvalue weighted by atomic mass is 35.5. The quantitative estimate of drug-likeness (QED) is 0.340. The smallest absolute Gasteiger partial charge is 0.340 e. The van der Waals surface area contributed by atoms with E-state index in [4.69, 9.17) is 39.0 Å². The van der Waals surface area contributed by atoms with E-state index in [0.717, 1.165) is 30.3 Å². The van der Waals surface area contributed by atoms with Crippen molar-refractivity contribution in [2.24, 2.45) is 0 Å². The second kappa shape index (κ2) is 6.29. The zero-order valence-corrected chi connectivity index (χ0v) is 13.6. The largest absolute Gasteiger partial charge is 0.379 e. The summed E-state index contributed by atoms with van der Waals surface area (Å²) >= 11 is 17.3. The molecule has 0 bridgehead atoms. The van der Waals surface area contributed by atoms with Crippen LogP contribution >= 0.6 is 34.8 Å². The highest BCUT2D eigenvalue weighted by Gasteiger charge is 2.22. The first-order chi connectivity index (χ1) is 10.2. The number of nitro groups is 1. The highest BCUT2D eigenvalue weighted by Crippen LogP contribution is 2.33. The summed E-state index contributed by atoms with van der Waals surface area (Å²) in [4.78, 5) is 9.56. The Morgan fingerprint density at radius 3 is 2.05 bits per heavy atom. The minimum Gasteiger partial charge on any atom is -0.379 e. The van der Waals surface area contributed by atoms with E-state index in [-0.39, 0.29) is 31.4 Å². The van der Waals surface area contributed by atoms with E-state index in [1.54, 1.807) is 0 Å². The summed E-state index contributed by atoms with van der Waals surface area (Å²) in [5, 5.41) is 10.5. The Kier molecular flexibility index (Phi) is 4.81. The predicted molar refractivity (Wildman–Crippen MR) is 82.4 cm³/mol. The van der Waals surface area contributed by atoms with Gasteiger partial charge in [-0.2, -0.15) is 8.42 Å². The molecule has 0 aliphatic rings. The number of rotatable bonds is 4. The van der Waals surface area contributed by atoms with Crippen molar-refractivity contribution in [1.29, 1.82) is 0 Å². The van der Waals surface area contributed by atoms with Crippen molar-refractivity contribution in [3.8, 4) is 5.75 Å². The molecule has 0 heterocycles. The lowest BCUT2D eigenvalue weighted by Crippen LogP contribution is -2.10. The van der Waals surface area contributed by atoms with E-state index < -0.39 is 15.0 Å². The van der Waals surface area contributed by atoms with Crippen LogP contribution in [0.25, 0.3) is 0 Å². The average molecular weight is 383 g/mol. The van der Waals surface area contributed by atoms with Gasteiger partial charge in [0, 0.05) is 12.1 Å². The summed E-state index contributed by atoms with van der Waals surface area (Å²) in [6, 6.07) is 6.77. The third-order valence-corrected chi connectivity index (χ3v) is 4.93. The standard InChI is InChI=1S/C12H6Cl3NO5S/c13-9-5-11(15)12(6-10(9)14)22(19,20)21-8-3-1-7(2-4-8)16(17)18/h1-6H. The number of hydrogen-bond donors (Lipinski definition) is 0. The van der Waals surface area contributed by atoms with Crippen LogP contribution in [0.15, 0.2) is 41.3 Å². The van der Waals surface area contributed by atoms with Gasteiger partial charge in [-0.25, -0.2) is 0 Å². The van der Waals surface area contributed by atoms with Gasteiger partial charge < -0.3 is 4.18 Å². The maximum absolute atomic E-state index is 12.2. The van der Waals surface area contributed by atoms with Crippen molar-refractivity contribution < 1.29 is 17.5 Å². The molecule has 0 aliphatic carbocycles. The summed E-state index contributed by atoms with van der Waals surface area (Å²) < 4.78 is 29.2. The molecule has 0 unspecified atom stereocenters. The first kappa shape index (κ1) is 16.8. The summed E-state index contributed by atoms with van der Waals surface area (Å²) in [7, 11) is -4.26. The molecule has 0 atom stereocenters. The van der Waals surface area contributed by atoms with Crippen molar-refractivity contribution in [1.82, 2.24) is 0 Å². The lowest BCUT2D eigenvalue weighted by Gasteiger charge is -2.09. The fraction of sp³-hybridized carbons (Fsp3) is 0. The molecule has 0 aliphatic heterocycles. The third kappa shape index (κ3) is 3.61. The van der Waals surface area contributed by atoms with E-state index in [2.05, 4.69) is 0 Å². The number of hydrogen-bond acceptors (Lipinski definition) is 5. The zero-order valence-electron chi connectivity index (χ0n) is 10.5. The van der Waals surface area contributed by atoms with Crippen molar-refractivity contribution >= 4 is 50.6 Å². The van der Waals surface area contributed by atoms with Gasteiger partial charge in [-0.1, -0.05) is 34.8 Å². The minimum absolute atomic E-state index is 0.00283. The van der Waals surface area contributed by atoms with Crippen LogP contribution in [-0.4, -0.2) is 13.3 Å². The molecule has 6 nitrogen and oxygen atoms in total. The topological polar surface area (TPSA) is 86.5 Å². The first-order valence-corrected chi connectivity index (χ1v) is 8.08. The number of non-ortho nitro benzene ring substituents is 1. The maximum Gasteiger partial charge on any atom is 0.340 e. The Hall–Kier alpha value is -1.54. The summed E-state index contributed by atoms with van der Waals surface area (Å²) in [5.74, 6) is -0.104. The molecule has 116 valence electrons. The Morgan fingerprint density at radius 2 is 1.50 bits per heavy atom. The number of nitro benzene ring substituents is 1. The molecular formula is C12H6Cl3NO5S. The van der Waals surface area contributed by atoms with Crippen LogP contribution in [-0.2, 0) is 10.1 Å². The lowest BCUT2D eigenvalue weighted by molar-refractivity contribution is -0.384. The molecule has 22 heavy (non-hydrogen) atoms. The van der Waals surface area contributed by atoms with Crippen LogP contribution in [0.2, 0.25) is 15.1 Å². The Balaban J connectivity index is 2.35. The molecular weight excluding hydrogens is 377 g/mol. The van der Waals surface area contributed by atoms with Crippen LogP contribution < -0.4 is 4.18 Å². The van der Waals surface area contributed by atoms with Crippen molar-refractivity contribution in [3.05, 3.63) is 61.6 Å². The zero-order chi connectivity index (χ0) is 16.5. The fourth-order valence-corrected chi connectivity index (χ4v) is 3.40. The molecule has 0 spiro atoms. The number of nitrogens with zero attached hydrogens (tertiary/aromatic N) is 1. The van der Waals surface area contributed by atoms with Gasteiger partial charge >= 0.3 is 10.1 Å². The van der Waals surface area contributed by atoms with Gasteiger partial charge in [0.2, 0.25) is 0 Å². The van der Waals surface area contributed by atoms with E-state index in [9.17, 15) is 18.5 Å². The van der Waals surface area contributed by atoms with Crippen molar-refractivity contribution in [2.45, 2.75) is 4.90 Å². The maximum atomic E-state index is 12.2. The van der Waals surface area contributed by atoms with E-state index in [1.807, 2.05) is 0 Å². The number of benzene rings is 2. The molecule has 0 saturated carbocycles.